The van der Waals surface area contributed by atoms with Gasteiger partial charge in [-0.05, 0) is 95.1 Å². The summed E-state index contributed by atoms with van der Waals surface area (Å²) < 4.78 is 105. The van der Waals surface area contributed by atoms with Gasteiger partial charge in [-0.2, -0.15) is 0 Å². The van der Waals surface area contributed by atoms with Crippen LogP contribution in [0.3, 0.4) is 0 Å². The molecule has 0 bridgehead atoms. The Bertz CT molecular complexity index is 7510. The Hall–Kier alpha value is -12.4. The zero-order chi connectivity index (χ0) is 73.0. The van der Waals surface area contributed by atoms with Crippen molar-refractivity contribution in [1.82, 2.24) is 28.7 Å². The van der Waals surface area contributed by atoms with Gasteiger partial charge < -0.3 is 13.7 Å². The van der Waals surface area contributed by atoms with Crippen LogP contribution in [-0.2, 0) is 0 Å². The number of hydrogen-bond donors (Lipinski definition) is 0. The maximum Gasteiger partial charge on any atom is 0.213 e. The molecule has 7 aromatic heterocycles. The van der Waals surface area contributed by atoms with E-state index in [0.29, 0.717) is 17.1 Å². The molecular weight excluding hydrogens is 1250 g/mol. The topological polar surface area (TPSA) is 57.8 Å². The van der Waals surface area contributed by atoms with Gasteiger partial charge in [-0.3, -0.25) is 0 Å². The SMILES string of the molecule is [2H]c1c([2H])c([2H])c(-c2nc(-c3cc([N+]#[C-])c(-n4c5ccc(-c6ccccc6)cc5c5c6sc7ccccc7c6ccc54)c(-n4c5ccccc5c5c6sc7ccccc7c6ccc54)c3-n3c4ccc(-c5ccccc5)cc4c4c5sc6ccccc6c5ccc43)nc(-c3c([2H])c([2H])c([2H])c([2H])c3[2H])n2)c([2H])c1[2H]. The first kappa shape index (κ1) is 45.9. The average Bonchev–Trinajstić information content (AvgIpc) is 1.50. The number of hydrogen-bond acceptors (Lipinski definition) is 6. The van der Waals surface area contributed by atoms with Crippen LogP contribution >= 0.6 is 34.0 Å². The Labute approximate surface area is 586 Å². The summed E-state index contributed by atoms with van der Waals surface area (Å²) in [6.45, 7) is 10.0. The molecule has 7 nitrogen and oxygen atoms in total. The molecule has 21 rings (SSSR count). The van der Waals surface area contributed by atoms with Gasteiger partial charge in [0.1, 0.15) is 0 Å². The molecular formula is C88H49N7S3. The first-order valence-electron chi connectivity index (χ1n) is 36.9. The molecule has 0 aliphatic carbocycles. The first-order chi connectivity index (χ1) is 52.7. The molecule has 0 unspecified atom stereocenters. The molecule has 7 heterocycles. The standard InChI is InChI=1S/C88H49N7S3/c1-89-67-50-66(88-91-86(53-26-10-4-11-27-53)90-87(92-88)54-28-12-5-13-29-54)80(93-69-43-38-55(51-22-6-2-7-23-51)48-64(69)78-72(93)46-41-61-58-31-16-20-36-75(58)97-84(61)78)82(95-68-34-18-14-33-63(68)77-71(95)45-40-60-57-30-15-19-35-74(57)96-83(60)77)81(67)94-70-44-39-56(52-24-8-3-9-25-52)49-65(70)79-73(94)47-42-62-59-32-17-21-37-76(59)98-85(62)79/h2-50H/i4D,5D,10D,11D,12D,13D,26D,27D,28D,29D. The summed E-state index contributed by atoms with van der Waals surface area (Å²) in [4.78, 5) is 20.2. The highest BCUT2D eigenvalue weighted by Crippen LogP contribution is 2.54. The summed E-state index contributed by atoms with van der Waals surface area (Å²) in [5.74, 6) is -1.11. The molecule has 21 aromatic rings. The van der Waals surface area contributed by atoms with Crippen molar-refractivity contribution in [2.45, 2.75) is 0 Å². The van der Waals surface area contributed by atoms with Gasteiger partial charge in [0.2, 0.25) is 5.69 Å². The number of aromatic nitrogens is 6. The normalized spacial score (nSPS) is 13.5. The van der Waals surface area contributed by atoms with E-state index in [1.807, 2.05) is 48.5 Å². The Balaban J connectivity index is 1.04. The van der Waals surface area contributed by atoms with Crippen LogP contribution in [0.4, 0.5) is 5.69 Å². The Morgan fingerprint density at radius 1 is 0.296 bits per heavy atom. The molecule has 0 atom stereocenters. The highest BCUT2D eigenvalue weighted by Gasteiger charge is 2.33. The minimum Gasteiger partial charge on any atom is -0.317 e. The van der Waals surface area contributed by atoms with E-state index >= 15 is 0 Å². The summed E-state index contributed by atoms with van der Waals surface area (Å²) >= 11 is 5.13. The molecule has 14 aromatic carbocycles. The van der Waals surface area contributed by atoms with Crippen LogP contribution in [0, 0.1) is 6.57 Å². The van der Waals surface area contributed by atoms with Gasteiger partial charge in [-0.1, -0.05) is 224 Å². The molecule has 98 heavy (non-hydrogen) atoms. The quantitative estimate of drug-likeness (QED) is 0.142. The number of rotatable bonds is 8. The minimum absolute atomic E-state index is 0.119. The van der Waals surface area contributed by atoms with Gasteiger partial charge in [0.05, 0.1) is 70.4 Å². The molecule has 0 aliphatic heterocycles. The van der Waals surface area contributed by atoms with Gasteiger partial charge in [0.15, 0.2) is 17.5 Å². The van der Waals surface area contributed by atoms with E-state index in [4.69, 9.17) is 28.0 Å². The third-order valence-corrected chi connectivity index (χ3v) is 22.9. The van der Waals surface area contributed by atoms with Crippen LogP contribution in [0.1, 0.15) is 13.7 Å². The van der Waals surface area contributed by atoms with Gasteiger partial charge >= 0.3 is 0 Å². The fourth-order valence-electron chi connectivity index (χ4n) is 15.1. The monoisotopic (exact) mass is 1310 g/mol. The van der Waals surface area contributed by atoms with E-state index in [0.717, 1.165) is 148 Å². The number of benzene rings is 14. The van der Waals surface area contributed by atoms with Crippen molar-refractivity contribution in [2.24, 2.45) is 0 Å². The minimum atomic E-state index is -0.679. The van der Waals surface area contributed by atoms with Crippen molar-refractivity contribution >= 4 is 166 Å². The van der Waals surface area contributed by atoms with Crippen molar-refractivity contribution in [3.8, 4) is 73.5 Å². The predicted octanol–water partition coefficient (Wildman–Crippen LogP) is 25.2. The van der Waals surface area contributed by atoms with Crippen LogP contribution in [0.25, 0.3) is 204 Å². The fourth-order valence-corrected chi connectivity index (χ4v) is 18.9. The lowest BCUT2D eigenvalue weighted by atomic mass is 10.0. The predicted molar refractivity (Wildman–Crippen MR) is 415 cm³/mol. The maximum absolute atomic E-state index is 10.0. The lowest BCUT2D eigenvalue weighted by Crippen LogP contribution is -2.12. The summed E-state index contributed by atoms with van der Waals surface area (Å²) in [6.07, 6.45) is 0. The van der Waals surface area contributed by atoms with E-state index in [1.54, 1.807) is 40.1 Å². The van der Waals surface area contributed by atoms with Crippen LogP contribution in [-0.4, -0.2) is 28.7 Å². The number of fused-ring (bicyclic) bond motifs is 21. The zero-order valence-electron chi connectivity index (χ0n) is 61.4. The van der Waals surface area contributed by atoms with E-state index in [2.05, 4.69) is 196 Å². The number of para-hydroxylation sites is 1. The van der Waals surface area contributed by atoms with Crippen LogP contribution in [0.5, 0.6) is 0 Å². The summed E-state index contributed by atoms with van der Waals surface area (Å²) in [7, 11) is 0. The van der Waals surface area contributed by atoms with Crippen LogP contribution < -0.4 is 0 Å². The molecule has 10 heteroatoms. The second-order valence-corrected chi connectivity index (χ2v) is 27.6. The Kier molecular flexibility index (Phi) is 9.98. The highest BCUT2D eigenvalue weighted by atomic mass is 32.1. The van der Waals surface area contributed by atoms with E-state index in [1.165, 1.54) is 0 Å². The largest absolute Gasteiger partial charge is 0.317 e. The van der Waals surface area contributed by atoms with Gasteiger partial charge in [0.25, 0.3) is 0 Å². The zero-order valence-corrected chi connectivity index (χ0v) is 53.8. The van der Waals surface area contributed by atoms with Crippen LogP contribution in [0.15, 0.2) is 297 Å². The third kappa shape index (κ3) is 8.03. The fraction of sp³-hybridized carbons (Fsp3) is 0. The molecule has 0 saturated carbocycles. The number of nitrogens with zero attached hydrogens (tertiary/aromatic N) is 7. The Morgan fingerprint density at radius 3 is 1.14 bits per heavy atom. The van der Waals surface area contributed by atoms with Crippen molar-refractivity contribution in [3.63, 3.8) is 0 Å². The van der Waals surface area contributed by atoms with Gasteiger partial charge in [-0.15, -0.1) is 34.0 Å². The smallest absolute Gasteiger partial charge is 0.213 e. The van der Waals surface area contributed by atoms with E-state index < -0.39 is 83.2 Å². The van der Waals surface area contributed by atoms with Crippen molar-refractivity contribution in [2.75, 3.05) is 0 Å². The van der Waals surface area contributed by atoms with E-state index in [9.17, 15) is 12.1 Å². The lowest BCUT2D eigenvalue weighted by molar-refractivity contribution is 1.04. The molecule has 0 aliphatic rings. The molecule has 0 spiro atoms. The summed E-state index contributed by atoms with van der Waals surface area (Å²) in [5, 5.41) is 12.1. The second-order valence-electron chi connectivity index (χ2n) is 24.4. The molecule has 454 valence electrons. The molecule has 0 saturated heterocycles. The maximum atomic E-state index is 10.0. The number of thiophene rings is 3. The van der Waals surface area contributed by atoms with Crippen LogP contribution in [0.2, 0.25) is 0 Å². The van der Waals surface area contributed by atoms with Crippen molar-refractivity contribution in [3.05, 3.63) is 308 Å². The molecule has 0 radical (unpaired) electrons. The highest BCUT2D eigenvalue weighted by molar-refractivity contribution is 7.27. The van der Waals surface area contributed by atoms with Gasteiger partial charge in [-0.25, -0.2) is 19.8 Å². The Morgan fingerprint density at radius 2 is 0.673 bits per heavy atom. The molecule has 0 N–H and O–H groups in total. The average molecular weight is 1310 g/mol. The first-order valence-corrected chi connectivity index (χ1v) is 34.4. The molecule has 0 fully saturated rings. The van der Waals surface area contributed by atoms with Crippen molar-refractivity contribution in [1.29, 1.82) is 0 Å². The van der Waals surface area contributed by atoms with Crippen molar-refractivity contribution < 1.29 is 13.7 Å². The van der Waals surface area contributed by atoms with Gasteiger partial charge in [0, 0.05) is 110 Å². The molecule has 0 amide bonds. The summed E-state index contributed by atoms with van der Waals surface area (Å²) in [6, 6.07) is 75.4. The van der Waals surface area contributed by atoms with E-state index in [-0.39, 0.29) is 17.1 Å². The third-order valence-electron chi connectivity index (χ3n) is 19.3. The lowest BCUT2D eigenvalue weighted by Gasteiger charge is -2.26. The summed E-state index contributed by atoms with van der Waals surface area (Å²) in [5.41, 5.74) is 9.44. The second kappa shape index (κ2) is 21.3.